The van der Waals surface area contributed by atoms with Gasteiger partial charge in [-0.2, -0.15) is 0 Å². The van der Waals surface area contributed by atoms with Crippen molar-refractivity contribution in [3.8, 4) is 0 Å². The largest absolute Gasteiger partial charge is 0.480 e. The van der Waals surface area contributed by atoms with Crippen molar-refractivity contribution in [1.29, 1.82) is 0 Å². The highest BCUT2D eigenvalue weighted by molar-refractivity contribution is 8.00. The molecule has 0 aliphatic carbocycles. The second kappa shape index (κ2) is 3.25. The van der Waals surface area contributed by atoms with Crippen LogP contribution in [0.3, 0.4) is 0 Å². The Bertz CT molecular complexity index is 140. The van der Waals surface area contributed by atoms with Crippen LogP contribution in [-0.4, -0.2) is 28.2 Å². The number of rotatable bonds is 2. The fourth-order valence-corrected chi connectivity index (χ4v) is 2.07. The Balaban J connectivity index is 2.35. The zero-order valence-corrected chi connectivity index (χ0v) is 6.65. The Kier molecular flexibility index (Phi) is 2.56. The number of aliphatic carboxylic acids is 1. The van der Waals surface area contributed by atoms with E-state index in [1.807, 2.05) is 0 Å². The number of nitrogens with one attached hydrogen (secondary N) is 1. The predicted molar refractivity (Wildman–Crippen MR) is 41.1 cm³/mol. The highest BCUT2D eigenvalue weighted by Crippen LogP contribution is 2.20. The smallest absolute Gasteiger partial charge is 0.321 e. The molecule has 1 unspecified atom stereocenters. The van der Waals surface area contributed by atoms with Crippen molar-refractivity contribution in [2.24, 2.45) is 0 Å². The van der Waals surface area contributed by atoms with Crippen LogP contribution >= 0.6 is 11.8 Å². The van der Waals surface area contributed by atoms with Gasteiger partial charge in [0, 0.05) is 5.75 Å². The van der Waals surface area contributed by atoms with Crippen molar-refractivity contribution in [3.05, 3.63) is 0 Å². The van der Waals surface area contributed by atoms with Crippen molar-refractivity contribution < 1.29 is 9.90 Å². The Hall–Kier alpha value is -0.220. The lowest BCUT2D eigenvalue weighted by molar-refractivity contribution is -0.138. The van der Waals surface area contributed by atoms with E-state index in [1.54, 1.807) is 11.8 Å². The first-order valence-corrected chi connectivity index (χ1v) is 4.39. The third-order valence-electron chi connectivity index (χ3n) is 1.52. The van der Waals surface area contributed by atoms with Gasteiger partial charge in [0.25, 0.3) is 0 Å². The molecule has 1 aliphatic heterocycles. The molecule has 0 bridgehead atoms. The molecule has 2 N–H and O–H groups in total. The lowest BCUT2D eigenvalue weighted by atomic mass is 10.3. The topological polar surface area (TPSA) is 49.3 Å². The number of hydrogen-bond donors (Lipinski definition) is 2. The van der Waals surface area contributed by atoms with Gasteiger partial charge in [0.2, 0.25) is 0 Å². The highest BCUT2D eigenvalue weighted by atomic mass is 32.2. The van der Waals surface area contributed by atoms with E-state index in [4.69, 9.17) is 5.11 Å². The van der Waals surface area contributed by atoms with Gasteiger partial charge in [-0.05, 0) is 6.42 Å². The predicted octanol–water partition coefficient (Wildman–Crippen LogP) is 0.512. The molecule has 1 aliphatic rings. The molecule has 1 saturated heterocycles. The maximum absolute atomic E-state index is 10.4. The van der Waals surface area contributed by atoms with E-state index in [0.717, 1.165) is 6.42 Å². The Morgan fingerprint density at radius 3 is 2.90 bits per heavy atom. The van der Waals surface area contributed by atoms with E-state index in [2.05, 4.69) is 12.2 Å². The molecule has 0 saturated carbocycles. The van der Waals surface area contributed by atoms with Crippen molar-refractivity contribution in [3.63, 3.8) is 0 Å². The Morgan fingerprint density at radius 2 is 2.60 bits per heavy atom. The summed E-state index contributed by atoms with van der Waals surface area (Å²) in [4.78, 5) is 10.4. The van der Waals surface area contributed by atoms with Gasteiger partial charge < -0.3 is 5.11 Å². The third kappa shape index (κ3) is 1.64. The number of carboxylic acid groups (broad SMARTS) is 1. The van der Waals surface area contributed by atoms with Crippen LogP contribution in [-0.2, 0) is 4.79 Å². The minimum Gasteiger partial charge on any atom is -0.480 e. The monoisotopic (exact) mass is 161 g/mol. The summed E-state index contributed by atoms with van der Waals surface area (Å²) in [5.41, 5.74) is 0. The minimum atomic E-state index is -0.733. The first-order chi connectivity index (χ1) is 4.74. The number of carbonyl (C=O) groups is 1. The van der Waals surface area contributed by atoms with E-state index in [0.29, 0.717) is 11.1 Å². The minimum absolute atomic E-state index is 0.324. The summed E-state index contributed by atoms with van der Waals surface area (Å²) < 4.78 is 0. The Morgan fingerprint density at radius 1 is 1.90 bits per heavy atom. The van der Waals surface area contributed by atoms with Crippen LogP contribution in [0.5, 0.6) is 0 Å². The van der Waals surface area contributed by atoms with Crippen LogP contribution in [0.1, 0.15) is 13.3 Å². The van der Waals surface area contributed by atoms with Crippen molar-refractivity contribution in [2.75, 3.05) is 5.75 Å². The standard InChI is InChI=1S/C6H11NO2S/c1-2-5-7-4(3-10-5)6(8)9/h4-5,7H,2-3H2,1H3,(H,8,9)/t4-,5?/m0/s1. The summed E-state index contributed by atoms with van der Waals surface area (Å²) in [6, 6.07) is -0.324. The van der Waals surface area contributed by atoms with Gasteiger partial charge in [0.05, 0.1) is 5.37 Å². The molecule has 1 rings (SSSR count). The van der Waals surface area contributed by atoms with Crippen LogP contribution in [0.15, 0.2) is 0 Å². The lowest BCUT2D eigenvalue weighted by Gasteiger charge is -2.06. The number of carboxylic acids is 1. The van der Waals surface area contributed by atoms with Gasteiger partial charge in [-0.25, -0.2) is 0 Å². The fourth-order valence-electron chi connectivity index (χ4n) is 0.911. The van der Waals surface area contributed by atoms with Gasteiger partial charge in [-0.15, -0.1) is 11.8 Å². The SMILES string of the molecule is CCC1N[C@H](C(=O)O)CS1. The molecule has 0 radical (unpaired) electrons. The molecule has 2 atom stereocenters. The zero-order valence-electron chi connectivity index (χ0n) is 5.83. The van der Waals surface area contributed by atoms with E-state index in [-0.39, 0.29) is 6.04 Å². The van der Waals surface area contributed by atoms with Crippen molar-refractivity contribution in [2.45, 2.75) is 24.8 Å². The summed E-state index contributed by atoms with van der Waals surface area (Å²) in [5.74, 6) is -0.0307. The molecule has 0 amide bonds. The summed E-state index contributed by atoms with van der Waals surface area (Å²) >= 11 is 1.69. The number of hydrogen-bond acceptors (Lipinski definition) is 3. The second-order valence-electron chi connectivity index (χ2n) is 2.29. The average Bonchev–Trinajstić information content (AvgIpc) is 2.34. The molecule has 3 nitrogen and oxygen atoms in total. The van der Waals surface area contributed by atoms with Gasteiger partial charge >= 0.3 is 5.97 Å². The molecular weight excluding hydrogens is 150 g/mol. The van der Waals surface area contributed by atoms with Crippen LogP contribution in [0.4, 0.5) is 0 Å². The maximum Gasteiger partial charge on any atom is 0.321 e. The first kappa shape index (κ1) is 7.88. The molecule has 0 spiro atoms. The molecule has 0 aromatic heterocycles. The molecule has 1 fully saturated rings. The van der Waals surface area contributed by atoms with Gasteiger partial charge in [0.15, 0.2) is 0 Å². The average molecular weight is 161 g/mol. The van der Waals surface area contributed by atoms with E-state index in [9.17, 15) is 4.79 Å². The van der Waals surface area contributed by atoms with Crippen LogP contribution in [0, 0.1) is 0 Å². The summed E-state index contributed by atoms with van der Waals surface area (Å²) in [6.45, 7) is 2.05. The second-order valence-corrected chi connectivity index (χ2v) is 3.52. The van der Waals surface area contributed by atoms with E-state index in [1.165, 1.54) is 0 Å². The molecule has 10 heavy (non-hydrogen) atoms. The first-order valence-electron chi connectivity index (χ1n) is 3.34. The van der Waals surface area contributed by atoms with Gasteiger partial charge in [-0.3, -0.25) is 10.1 Å². The third-order valence-corrected chi connectivity index (χ3v) is 2.92. The van der Waals surface area contributed by atoms with E-state index < -0.39 is 5.97 Å². The molecule has 58 valence electrons. The normalized spacial score (nSPS) is 32.5. The van der Waals surface area contributed by atoms with Crippen LogP contribution < -0.4 is 5.32 Å². The Labute approximate surface area is 64.2 Å². The molecule has 1 heterocycles. The van der Waals surface area contributed by atoms with Crippen LogP contribution in [0.25, 0.3) is 0 Å². The maximum atomic E-state index is 10.4. The lowest BCUT2D eigenvalue weighted by Crippen LogP contribution is -2.36. The quantitative estimate of drug-likeness (QED) is 0.619. The molecular formula is C6H11NO2S. The number of thioether (sulfide) groups is 1. The van der Waals surface area contributed by atoms with Crippen LogP contribution in [0.2, 0.25) is 0 Å². The van der Waals surface area contributed by atoms with E-state index >= 15 is 0 Å². The summed E-state index contributed by atoms with van der Waals surface area (Å²) in [5, 5.41) is 11.9. The fraction of sp³-hybridized carbons (Fsp3) is 0.833. The van der Waals surface area contributed by atoms with Crippen molar-refractivity contribution >= 4 is 17.7 Å². The van der Waals surface area contributed by atoms with Gasteiger partial charge in [-0.1, -0.05) is 6.92 Å². The zero-order chi connectivity index (χ0) is 7.56. The summed E-state index contributed by atoms with van der Waals surface area (Å²) in [7, 11) is 0. The highest BCUT2D eigenvalue weighted by Gasteiger charge is 2.27. The summed E-state index contributed by atoms with van der Waals surface area (Å²) in [6.07, 6.45) is 0.994. The molecule has 0 aromatic rings. The molecule has 0 aromatic carbocycles. The van der Waals surface area contributed by atoms with Crippen molar-refractivity contribution in [1.82, 2.24) is 5.32 Å². The van der Waals surface area contributed by atoms with Gasteiger partial charge in [0.1, 0.15) is 6.04 Å². The molecule has 4 heteroatoms.